The minimum Gasteiger partial charge on any atom is -0.506 e. The van der Waals surface area contributed by atoms with Crippen molar-refractivity contribution >= 4 is 45.2 Å². The van der Waals surface area contributed by atoms with E-state index in [1.54, 1.807) is 0 Å². The van der Waals surface area contributed by atoms with Gasteiger partial charge in [0.2, 0.25) is 0 Å². The Morgan fingerprint density at radius 2 is 2.00 bits per heavy atom. The molecule has 2 nitrogen and oxygen atoms in total. The average molecular weight is 416 g/mol. The van der Waals surface area contributed by atoms with Gasteiger partial charge in [0.15, 0.2) is 0 Å². The summed E-state index contributed by atoms with van der Waals surface area (Å²) in [6.45, 7) is 4.82. The maximum absolute atomic E-state index is 9.99. The van der Waals surface area contributed by atoms with Crippen molar-refractivity contribution in [3.8, 4) is 11.5 Å². The Kier molecular flexibility index (Phi) is 2.62. The molecule has 1 N–H and O–H groups in total. The Hall–Kier alpha value is 0.280. The van der Waals surface area contributed by atoms with E-state index in [9.17, 15) is 5.11 Å². The lowest BCUT2D eigenvalue weighted by atomic mass is 9.86. The number of ether oxygens (including phenoxy) is 1. The van der Waals surface area contributed by atoms with Crippen molar-refractivity contribution in [2.24, 2.45) is 0 Å². The molecule has 0 spiro atoms. The lowest BCUT2D eigenvalue weighted by molar-refractivity contribution is 0.289. The van der Waals surface area contributed by atoms with Gasteiger partial charge in [-0.15, -0.1) is 0 Å². The van der Waals surface area contributed by atoms with Gasteiger partial charge in [-0.2, -0.15) is 0 Å². The van der Waals surface area contributed by atoms with Gasteiger partial charge in [0.05, 0.1) is 13.7 Å². The number of aromatic hydroxyl groups is 1. The Labute approximate surface area is 110 Å². The first kappa shape index (κ1) is 10.8. The van der Waals surface area contributed by atoms with Gasteiger partial charge in [-0.25, -0.2) is 0 Å². The predicted molar refractivity (Wildman–Crippen MR) is 72.1 cm³/mol. The molecular formula is C10H10I2O2. The molecule has 1 aliphatic rings. The van der Waals surface area contributed by atoms with E-state index in [1.807, 2.05) is 6.07 Å². The molecular weight excluding hydrogens is 406 g/mol. The molecule has 0 aromatic heterocycles. The molecule has 1 aromatic carbocycles. The monoisotopic (exact) mass is 416 g/mol. The van der Waals surface area contributed by atoms with E-state index in [1.165, 1.54) is 0 Å². The number of rotatable bonds is 0. The van der Waals surface area contributed by atoms with E-state index in [0.29, 0.717) is 12.4 Å². The molecule has 0 amide bonds. The van der Waals surface area contributed by atoms with E-state index in [-0.39, 0.29) is 5.41 Å². The molecule has 0 atom stereocenters. The standard InChI is InChI=1S/C10H10I2O2/c1-10(2)4-14-9-6(12)3-5(11)8(13)7(9)10/h3,13H,4H2,1-2H3. The van der Waals surface area contributed by atoms with Gasteiger partial charge in [0.25, 0.3) is 0 Å². The van der Waals surface area contributed by atoms with E-state index in [0.717, 1.165) is 18.5 Å². The van der Waals surface area contributed by atoms with Crippen LogP contribution in [0.1, 0.15) is 19.4 Å². The maximum atomic E-state index is 9.99. The van der Waals surface area contributed by atoms with E-state index < -0.39 is 0 Å². The third kappa shape index (κ3) is 1.50. The molecule has 0 saturated heterocycles. The minimum absolute atomic E-state index is 0.0828. The van der Waals surface area contributed by atoms with Gasteiger partial charge in [-0.1, -0.05) is 13.8 Å². The first-order chi connectivity index (χ1) is 6.43. The van der Waals surface area contributed by atoms with Crippen LogP contribution in [0.3, 0.4) is 0 Å². The third-order valence-corrected chi connectivity index (χ3v) is 4.04. The minimum atomic E-state index is -0.0828. The molecule has 1 heterocycles. The van der Waals surface area contributed by atoms with Crippen molar-refractivity contribution < 1.29 is 9.84 Å². The molecule has 1 aliphatic heterocycles. The van der Waals surface area contributed by atoms with Crippen molar-refractivity contribution in [2.75, 3.05) is 6.61 Å². The van der Waals surface area contributed by atoms with E-state index >= 15 is 0 Å². The van der Waals surface area contributed by atoms with Gasteiger partial charge in [0, 0.05) is 11.0 Å². The highest BCUT2D eigenvalue weighted by atomic mass is 127. The molecule has 0 aliphatic carbocycles. The molecule has 76 valence electrons. The fourth-order valence-corrected chi connectivity index (χ4v) is 3.60. The quantitative estimate of drug-likeness (QED) is 0.659. The van der Waals surface area contributed by atoms with Crippen LogP contribution < -0.4 is 4.74 Å². The topological polar surface area (TPSA) is 29.5 Å². The number of hydrogen-bond donors (Lipinski definition) is 1. The van der Waals surface area contributed by atoms with Gasteiger partial charge in [-0.05, 0) is 51.2 Å². The second kappa shape index (κ2) is 3.40. The Morgan fingerprint density at radius 3 is 2.64 bits per heavy atom. The zero-order valence-electron chi connectivity index (χ0n) is 7.90. The van der Waals surface area contributed by atoms with Crippen LogP contribution in [0.5, 0.6) is 11.5 Å². The summed E-state index contributed by atoms with van der Waals surface area (Å²) in [6, 6.07) is 1.94. The highest BCUT2D eigenvalue weighted by Crippen LogP contribution is 2.47. The highest BCUT2D eigenvalue weighted by Gasteiger charge is 2.37. The Morgan fingerprint density at radius 1 is 1.36 bits per heavy atom. The number of benzene rings is 1. The summed E-state index contributed by atoms with van der Waals surface area (Å²) in [5.41, 5.74) is 0.870. The Balaban J connectivity index is 2.75. The maximum Gasteiger partial charge on any atom is 0.140 e. The van der Waals surface area contributed by atoms with Gasteiger partial charge >= 0.3 is 0 Å². The second-order valence-corrected chi connectivity index (χ2v) is 6.39. The lowest BCUT2D eigenvalue weighted by Gasteiger charge is -2.17. The summed E-state index contributed by atoms with van der Waals surface area (Å²) < 4.78 is 7.58. The van der Waals surface area contributed by atoms with Crippen LogP contribution in [0.25, 0.3) is 0 Å². The number of hydrogen-bond acceptors (Lipinski definition) is 2. The van der Waals surface area contributed by atoms with Crippen molar-refractivity contribution in [3.63, 3.8) is 0 Å². The van der Waals surface area contributed by atoms with Crippen LogP contribution in [0.2, 0.25) is 0 Å². The van der Waals surface area contributed by atoms with E-state index in [4.69, 9.17) is 4.74 Å². The molecule has 1 aromatic rings. The molecule has 0 radical (unpaired) electrons. The molecule has 0 unspecified atom stereocenters. The Bertz CT molecular complexity index is 400. The summed E-state index contributed by atoms with van der Waals surface area (Å²) in [5, 5.41) is 9.99. The number of phenols is 1. The van der Waals surface area contributed by atoms with Gasteiger partial charge in [-0.3, -0.25) is 0 Å². The molecule has 0 saturated carbocycles. The summed E-state index contributed by atoms with van der Waals surface area (Å²) in [5.74, 6) is 1.23. The SMILES string of the molecule is CC1(C)COc2c(I)cc(I)c(O)c21. The average Bonchev–Trinajstić information content (AvgIpc) is 2.38. The third-order valence-electron chi connectivity index (χ3n) is 2.41. The zero-order chi connectivity index (χ0) is 10.5. The van der Waals surface area contributed by atoms with Crippen molar-refractivity contribution in [1.29, 1.82) is 0 Å². The van der Waals surface area contributed by atoms with Crippen LogP contribution >= 0.6 is 45.2 Å². The number of fused-ring (bicyclic) bond motifs is 1. The van der Waals surface area contributed by atoms with Crippen LogP contribution in [-0.4, -0.2) is 11.7 Å². The smallest absolute Gasteiger partial charge is 0.140 e. The van der Waals surface area contributed by atoms with Gasteiger partial charge in [0.1, 0.15) is 11.5 Å². The van der Waals surface area contributed by atoms with E-state index in [2.05, 4.69) is 59.0 Å². The van der Waals surface area contributed by atoms with Crippen LogP contribution in [0.4, 0.5) is 0 Å². The highest BCUT2D eigenvalue weighted by molar-refractivity contribution is 14.1. The lowest BCUT2D eigenvalue weighted by Crippen LogP contribution is -2.18. The molecule has 0 fully saturated rings. The van der Waals surface area contributed by atoms with Crippen LogP contribution in [0, 0.1) is 7.14 Å². The number of halogens is 2. The molecule has 2 rings (SSSR count). The van der Waals surface area contributed by atoms with Crippen molar-refractivity contribution in [2.45, 2.75) is 19.3 Å². The fourth-order valence-electron chi connectivity index (χ4n) is 1.69. The molecule has 0 bridgehead atoms. The summed E-state index contributed by atoms with van der Waals surface area (Å²) in [7, 11) is 0. The van der Waals surface area contributed by atoms with Crippen LogP contribution in [0.15, 0.2) is 6.07 Å². The van der Waals surface area contributed by atoms with Crippen molar-refractivity contribution in [1.82, 2.24) is 0 Å². The predicted octanol–water partition coefficient (Wildman–Crippen LogP) is 3.27. The summed E-state index contributed by atoms with van der Waals surface area (Å²) >= 11 is 4.39. The summed E-state index contributed by atoms with van der Waals surface area (Å²) in [6.07, 6.45) is 0. The van der Waals surface area contributed by atoms with Gasteiger partial charge < -0.3 is 9.84 Å². The first-order valence-corrected chi connectivity index (χ1v) is 6.43. The van der Waals surface area contributed by atoms with Crippen molar-refractivity contribution in [3.05, 3.63) is 18.8 Å². The zero-order valence-corrected chi connectivity index (χ0v) is 12.2. The fraction of sp³-hybridized carbons (Fsp3) is 0.400. The number of phenolic OH excluding ortho intramolecular Hbond substituents is 1. The first-order valence-electron chi connectivity index (χ1n) is 4.28. The molecule has 14 heavy (non-hydrogen) atoms. The summed E-state index contributed by atoms with van der Waals surface area (Å²) in [4.78, 5) is 0. The van der Waals surface area contributed by atoms with Crippen LogP contribution in [-0.2, 0) is 5.41 Å². The normalized spacial score (nSPS) is 17.7. The molecule has 4 heteroatoms. The largest absolute Gasteiger partial charge is 0.506 e. The second-order valence-electron chi connectivity index (χ2n) is 4.07.